The first-order valence-corrected chi connectivity index (χ1v) is 7.11. The van der Waals surface area contributed by atoms with Crippen LogP contribution in [0.2, 0.25) is 0 Å². The van der Waals surface area contributed by atoms with Crippen LogP contribution in [0.5, 0.6) is 5.75 Å². The van der Waals surface area contributed by atoms with Gasteiger partial charge in [0.2, 0.25) is 0 Å². The number of nitrogens with zero attached hydrogens (tertiary/aromatic N) is 1. The van der Waals surface area contributed by atoms with Gasteiger partial charge in [0.05, 0.1) is 6.10 Å². The van der Waals surface area contributed by atoms with Crippen LogP contribution in [-0.4, -0.2) is 43.7 Å². The van der Waals surface area contributed by atoms with Gasteiger partial charge >= 0.3 is 0 Å². The second-order valence-electron chi connectivity index (χ2n) is 5.37. The Morgan fingerprint density at radius 2 is 2.00 bits per heavy atom. The summed E-state index contributed by atoms with van der Waals surface area (Å²) in [6, 6.07) is 6.03. The molecule has 1 aromatic rings. The normalized spacial score (nSPS) is 16.2. The molecule has 0 unspecified atom stereocenters. The Morgan fingerprint density at radius 3 is 2.65 bits per heavy atom. The summed E-state index contributed by atoms with van der Waals surface area (Å²) >= 11 is 0. The van der Waals surface area contributed by atoms with Crippen molar-refractivity contribution in [3.8, 4) is 5.75 Å². The summed E-state index contributed by atoms with van der Waals surface area (Å²) in [6.07, 6.45) is 2.11. The van der Waals surface area contributed by atoms with Gasteiger partial charge in [0, 0.05) is 20.2 Å². The van der Waals surface area contributed by atoms with Crippen molar-refractivity contribution in [1.29, 1.82) is 0 Å². The van der Waals surface area contributed by atoms with Gasteiger partial charge in [-0.05, 0) is 43.9 Å². The standard InChI is InChI=1S/C16H23NO3/c1-12-4-5-13(2)15(10-12)20-11-16(18)17-8-6-14(19-3)7-9-17/h4-5,10,14H,6-9,11H2,1-3H3. The fourth-order valence-corrected chi connectivity index (χ4v) is 2.43. The number of benzene rings is 1. The Balaban J connectivity index is 1.85. The van der Waals surface area contributed by atoms with Gasteiger partial charge in [0.15, 0.2) is 6.61 Å². The highest BCUT2D eigenvalue weighted by Gasteiger charge is 2.22. The van der Waals surface area contributed by atoms with Gasteiger partial charge in [0.25, 0.3) is 5.91 Å². The van der Waals surface area contributed by atoms with Gasteiger partial charge in [-0.3, -0.25) is 4.79 Å². The molecular weight excluding hydrogens is 254 g/mol. The van der Waals surface area contributed by atoms with Crippen molar-refractivity contribution in [3.05, 3.63) is 29.3 Å². The first-order chi connectivity index (χ1) is 9.60. The first-order valence-electron chi connectivity index (χ1n) is 7.11. The Bertz CT molecular complexity index is 465. The predicted molar refractivity (Wildman–Crippen MR) is 78.0 cm³/mol. The molecule has 2 rings (SSSR count). The fourth-order valence-electron chi connectivity index (χ4n) is 2.43. The maximum Gasteiger partial charge on any atom is 0.260 e. The molecule has 1 fully saturated rings. The summed E-state index contributed by atoms with van der Waals surface area (Å²) in [5.41, 5.74) is 2.19. The van der Waals surface area contributed by atoms with Crippen molar-refractivity contribution in [3.63, 3.8) is 0 Å². The highest BCUT2D eigenvalue weighted by Crippen LogP contribution is 2.19. The maximum atomic E-state index is 12.1. The molecule has 0 spiro atoms. The van der Waals surface area contributed by atoms with Gasteiger partial charge in [-0.2, -0.15) is 0 Å². The molecule has 0 saturated carbocycles. The molecule has 0 aromatic heterocycles. The summed E-state index contributed by atoms with van der Waals surface area (Å²) in [5, 5.41) is 0. The van der Waals surface area contributed by atoms with Gasteiger partial charge in [-0.15, -0.1) is 0 Å². The second-order valence-corrected chi connectivity index (χ2v) is 5.37. The lowest BCUT2D eigenvalue weighted by Gasteiger charge is -2.31. The van der Waals surface area contributed by atoms with E-state index in [2.05, 4.69) is 0 Å². The second kappa shape index (κ2) is 6.75. The maximum absolute atomic E-state index is 12.1. The molecule has 0 bridgehead atoms. The zero-order valence-corrected chi connectivity index (χ0v) is 12.5. The number of carbonyl (C=O) groups excluding carboxylic acids is 1. The van der Waals surface area contributed by atoms with Crippen molar-refractivity contribution in [2.24, 2.45) is 0 Å². The van der Waals surface area contributed by atoms with E-state index >= 15 is 0 Å². The van der Waals surface area contributed by atoms with Crippen LogP contribution in [0.15, 0.2) is 18.2 Å². The topological polar surface area (TPSA) is 38.8 Å². The molecule has 1 aromatic carbocycles. The van der Waals surface area contributed by atoms with Crippen molar-refractivity contribution in [2.45, 2.75) is 32.8 Å². The Labute approximate surface area is 120 Å². The number of amides is 1. The van der Waals surface area contributed by atoms with Crippen LogP contribution in [0, 0.1) is 13.8 Å². The smallest absolute Gasteiger partial charge is 0.260 e. The highest BCUT2D eigenvalue weighted by atomic mass is 16.5. The van der Waals surface area contributed by atoms with E-state index in [1.807, 2.05) is 36.9 Å². The largest absolute Gasteiger partial charge is 0.483 e. The molecule has 4 heteroatoms. The molecule has 0 N–H and O–H groups in total. The molecule has 0 radical (unpaired) electrons. The number of rotatable bonds is 4. The summed E-state index contributed by atoms with van der Waals surface area (Å²) in [4.78, 5) is 14.0. The van der Waals surface area contributed by atoms with E-state index < -0.39 is 0 Å². The molecule has 110 valence electrons. The third-order valence-electron chi connectivity index (χ3n) is 3.82. The third kappa shape index (κ3) is 3.73. The average molecular weight is 277 g/mol. The van der Waals surface area contributed by atoms with Crippen molar-refractivity contribution in [2.75, 3.05) is 26.8 Å². The van der Waals surface area contributed by atoms with E-state index in [1.165, 1.54) is 0 Å². The predicted octanol–water partition coefficient (Wildman–Crippen LogP) is 2.32. The number of hydrogen-bond donors (Lipinski definition) is 0. The summed E-state index contributed by atoms with van der Waals surface area (Å²) in [7, 11) is 1.73. The number of methoxy groups -OCH3 is 1. The van der Waals surface area contributed by atoms with Gasteiger partial charge in [0.1, 0.15) is 5.75 Å². The van der Waals surface area contributed by atoms with Crippen LogP contribution in [0.25, 0.3) is 0 Å². The molecule has 20 heavy (non-hydrogen) atoms. The van der Waals surface area contributed by atoms with Gasteiger partial charge in [-0.25, -0.2) is 0 Å². The third-order valence-corrected chi connectivity index (χ3v) is 3.82. The summed E-state index contributed by atoms with van der Waals surface area (Å²) in [5.74, 6) is 0.852. The number of aryl methyl sites for hydroxylation is 2. The van der Waals surface area contributed by atoms with Crippen molar-refractivity contribution in [1.82, 2.24) is 4.90 Å². The molecule has 1 saturated heterocycles. The fraction of sp³-hybridized carbons (Fsp3) is 0.562. The number of ether oxygens (including phenoxy) is 2. The minimum atomic E-state index is 0.0560. The van der Waals surface area contributed by atoms with Crippen molar-refractivity contribution >= 4 is 5.91 Å². The van der Waals surface area contributed by atoms with Crippen molar-refractivity contribution < 1.29 is 14.3 Å². The molecule has 1 amide bonds. The molecule has 0 atom stereocenters. The van der Waals surface area contributed by atoms with Crippen LogP contribution in [-0.2, 0) is 9.53 Å². The summed E-state index contributed by atoms with van der Waals surface area (Å²) in [6.45, 7) is 5.63. The van der Waals surface area contributed by atoms with Gasteiger partial charge in [-0.1, -0.05) is 12.1 Å². The quantitative estimate of drug-likeness (QED) is 0.848. The van der Waals surface area contributed by atoms with E-state index in [1.54, 1.807) is 7.11 Å². The van der Waals surface area contributed by atoms with E-state index in [9.17, 15) is 4.79 Å². The number of hydrogen-bond acceptors (Lipinski definition) is 3. The lowest BCUT2D eigenvalue weighted by Crippen LogP contribution is -2.42. The van der Waals surface area contributed by atoms with Crippen LogP contribution in [0.3, 0.4) is 0 Å². The zero-order chi connectivity index (χ0) is 14.5. The minimum absolute atomic E-state index is 0.0560. The molecule has 0 aliphatic carbocycles. The van der Waals surface area contributed by atoms with E-state index in [4.69, 9.17) is 9.47 Å². The lowest BCUT2D eigenvalue weighted by atomic mass is 10.1. The average Bonchev–Trinajstić information content (AvgIpc) is 2.48. The number of likely N-dealkylation sites (tertiary alicyclic amines) is 1. The summed E-state index contributed by atoms with van der Waals surface area (Å²) < 4.78 is 11.0. The van der Waals surface area contributed by atoms with Gasteiger partial charge < -0.3 is 14.4 Å². The van der Waals surface area contributed by atoms with E-state index in [-0.39, 0.29) is 12.5 Å². The molecule has 1 heterocycles. The number of piperidine rings is 1. The van der Waals surface area contributed by atoms with Crippen LogP contribution >= 0.6 is 0 Å². The first kappa shape index (κ1) is 14.9. The highest BCUT2D eigenvalue weighted by molar-refractivity contribution is 5.77. The number of carbonyl (C=O) groups is 1. The molecular formula is C16H23NO3. The van der Waals surface area contributed by atoms with Crippen LogP contribution in [0.4, 0.5) is 0 Å². The monoisotopic (exact) mass is 277 g/mol. The van der Waals surface area contributed by atoms with E-state index in [0.29, 0.717) is 6.10 Å². The zero-order valence-electron chi connectivity index (χ0n) is 12.5. The van der Waals surface area contributed by atoms with E-state index in [0.717, 1.165) is 42.8 Å². The Hall–Kier alpha value is -1.55. The Kier molecular flexibility index (Phi) is 5.01. The molecule has 4 nitrogen and oxygen atoms in total. The minimum Gasteiger partial charge on any atom is -0.483 e. The molecule has 1 aliphatic rings. The lowest BCUT2D eigenvalue weighted by molar-refractivity contribution is -0.135. The van der Waals surface area contributed by atoms with Crippen LogP contribution in [0.1, 0.15) is 24.0 Å². The van der Waals surface area contributed by atoms with Crippen LogP contribution < -0.4 is 4.74 Å². The SMILES string of the molecule is COC1CCN(C(=O)COc2cc(C)ccc2C)CC1. The Morgan fingerprint density at radius 1 is 1.30 bits per heavy atom. The molecule has 1 aliphatic heterocycles.